The molecule has 0 saturated heterocycles. The van der Waals surface area contributed by atoms with Gasteiger partial charge in [-0.1, -0.05) is 37.3 Å². The van der Waals surface area contributed by atoms with Crippen LogP contribution in [0.5, 0.6) is 5.75 Å². The van der Waals surface area contributed by atoms with Gasteiger partial charge in [-0.25, -0.2) is 4.39 Å². The van der Waals surface area contributed by atoms with E-state index in [0.717, 1.165) is 12.0 Å². The molecule has 21 heavy (non-hydrogen) atoms. The van der Waals surface area contributed by atoms with E-state index in [9.17, 15) is 4.39 Å². The van der Waals surface area contributed by atoms with Gasteiger partial charge in [0.05, 0.1) is 6.04 Å². The van der Waals surface area contributed by atoms with E-state index in [1.807, 2.05) is 14.0 Å². The van der Waals surface area contributed by atoms with Crippen LogP contribution in [0, 0.1) is 12.7 Å². The van der Waals surface area contributed by atoms with Gasteiger partial charge in [-0.15, -0.1) is 0 Å². The molecule has 1 N–H and O–H groups in total. The minimum atomic E-state index is -0.274. The monoisotopic (exact) mass is 287 g/mol. The number of ether oxygens (including phenoxy) is 1. The van der Waals surface area contributed by atoms with Crippen molar-refractivity contribution in [2.45, 2.75) is 26.3 Å². The zero-order chi connectivity index (χ0) is 15.2. The molecule has 0 fully saturated rings. The van der Waals surface area contributed by atoms with Crippen LogP contribution >= 0.6 is 0 Å². The molecule has 0 aliphatic carbocycles. The molecule has 3 heteroatoms. The van der Waals surface area contributed by atoms with Crippen LogP contribution in [0.4, 0.5) is 4.39 Å². The Morgan fingerprint density at radius 1 is 1.14 bits per heavy atom. The topological polar surface area (TPSA) is 21.3 Å². The van der Waals surface area contributed by atoms with Crippen LogP contribution in [0.15, 0.2) is 42.5 Å². The van der Waals surface area contributed by atoms with Crippen LogP contribution in [0.2, 0.25) is 0 Å². The second kappa shape index (κ2) is 7.23. The van der Waals surface area contributed by atoms with Crippen LogP contribution < -0.4 is 10.1 Å². The summed E-state index contributed by atoms with van der Waals surface area (Å²) in [6.45, 7) is 4.52. The summed E-state index contributed by atoms with van der Waals surface area (Å²) in [4.78, 5) is 0. The fourth-order valence-electron chi connectivity index (χ4n) is 2.23. The highest BCUT2D eigenvalue weighted by Crippen LogP contribution is 2.21. The molecule has 112 valence electrons. The summed E-state index contributed by atoms with van der Waals surface area (Å²) in [5.41, 5.74) is 3.42. The SMILES string of the molecule is CCc1ccc(C(COc2cc(F)ccc2C)NC)cc1. The standard InChI is InChI=1S/C18H22FNO/c1-4-14-6-8-15(9-7-14)17(20-3)12-21-18-11-16(19)10-5-13(18)2/h5-11,17,20H,4,12H2,1-3H3. The molecule has 2 aromatic carbocycles. The van der Waals surface area contributed by atoms with Crippen LogP contribution in [-0.2, 0) is 6.42 Å². The lowest BCUT2D eigenvalue weighted by molar-refractivity contribution is 0.270. The number of hydrogen-bond acceptors (Lipinski definition) is 2. The lowest BCUT2D eigenvalue weighted by Gasteiger charge is -2.18. The minimum Gasteiger partial charge on any atom is -0.491 e. The first kappa shape index (κ1) is 15.5. The smallest absolute Gasteiger partial charge is 0.126 e. The van der Waals surface area contributed by atoms with E-state index in [0.29, 0.717) is 12.4 Å². The molecule has 0 aliphatic rings. The van der Waals surface area contributed by atoms with E-state index in [1.165, 1.54) is 23.3 Å². The Balaban J connectivity index is 2.06. The summed E-state index contributed by atoms with van der Waals surface area (Å²) in [5.74, 6) is 0.323. The van der Waals surface area contributed by atoms with Crippen LogP contribution in [-0.4, -0.2) is 13.7 Å². The molecule has 2 aromatic rings. The Bertz CT molecular complexity index is 580. The Kier molecular flexibility index (Phi) is 5.34. The molecular weight excluding hydrogens is 265 g/mol. The highest BCUT2D eigenvalue weighted by Gasteiger charge is 2.11. The molecular formula is C18H22FNO. The van der Waals surface area contributed by atoms with Crippen molar-refractivity contribution in [1.82, 2.24) is 5.32 Å². The van der Waals surface area contributed by atoms with Crippen molar-refractivity contribution < 1.29 is 9.13 Å². The Morgan fingerprint density at radius 2 is 1.86 bits per heavy atom. The number of aryl methyl sites for hydroxylation is 2. The van der Waals surface area contributed by atoms with E-state index < -0.39 is 0 Å². The van der Waals surface area contributed by atoms with Crippen LogP contribution in [0.25, 0.3) is 0 Å². The number of hydrogen-bond donors (Lipinski definition) is 1. The first-order valence-electron chi connectivity index (χ1n) is 7.29. The Labute approximate surface area is 126 Å². The number of benzene rings is 2. The van der Waals surface area contributed by atoms with Gasteiger partial charge in [-0.2, -0.15) is 0 Å². The lowest BCUT2D eigenvalue weighted by atomic mass is 10.0. The highest BCUT2D eigenvalue weighted by molar-refractivity contribution is 5.33. The van der Waals surface area contributed by atoms with E-state index in [2.05, 4.69) is 36.5 Å². The first-order valence-corrected chi connectivity index (χ1v) is 7.29. The molecule has 0 aromatic heterocycles. The quantitative estimate of drug-likeness (QED) is 0.866. The third-order valence-corrected chi connectivity index (χ3v) is 3.69. The third-order valence-electron chi connectivity index (χ3n) is 3.69. The maximum absolute atomic E-state index is 13.3. The van der Waals surface area contributed by atoms with Gasteiger partial charge in [0.2, 0.25) is 0 Å². The predicted octanol–water partition coefficient (Wildman–Crippen LogP) is 4.04. The van der Waals surface area contributed by atoms with Gasteiger partial charge in [0, 0.05) is 6.07 Å². The van der Waals surface area contributed by atoms with Gasteiger partial charge in [-0.3, -0.25) is 0 Å². The van der Waals surface area contributed by atoms with Crippen molar-refractivity contribution in [1.29, 1.82) is 0 Å². The number of nitrogens with one attached hydrogen (secondary N) is 1. The van der Waals surface area contributed by atoms with Crippen LogP contribution in [0.1, 0.15) is 29.7 Å². The fourth-order valence-corrected chi connectivity index (χ4v) is 2.23. The van der Waals surface area contributed by atoms with E-state index in [1.54, 1.807) is 6.07 Å². The molecule has 0 saturated carbocycles. The van der Waals surface area contributed by atoms with E-state index in [4.69, 9.17) is 4.74 Å². The summed E-state index contributed by atoms with van der Waals surface area (Å²) in [7, 11) is 1.90. The minimum absolute atomic E-state index is 0.0820. The number of likely N-dealkylation sites (N-methyl/N-ethyl adjacent to an activating group) is 1. The average Bonchev–Trinajstić information content (AvgIpc) is 2.51. The zero-order valence-electron chi connectivity index (χ0n) is 12.8. The van der Waals surface area contributed by atoms with Crippen molar-refractivity contribution in [3.8, 4) is 5.75 Å². The maximum atomic E-state index is 13.3. The average molecular weight is 287 g/mol. The summed E-state index contributed by atoms with van der Waals surface area (Å²) in [6.07, 6.45) is 1.03. The fraction of sp³-hybridized carbons (Fsp3) is 0.333. The number of halogens is 1. The molecule has 0 aliphatic heterocycles. The summed E-state index contributed by atoms with van der Waals surface area (Å²) in [5, 5.41) is 3.24. The Hall–Kier alpha value is -1.87. The van der Waals surface area contributed by atoms with Gasteiger partial charge >= 0.3 is 0 Å². The lowest BCUT2D eigenvalue weighted by Crippen LogP contribution is -2.23. The Morgan fingerprint density at radius 3 is 2.48 bits per heavy atom. The van der Waals surface area contributed by atoms with Gasteiger partial charge in [0.15, 0.2) is 0 Å². The van der Waals surface area contributed by atoms with Crippen molar-refractivity contribution >= 4 is 0 Å². The third kappa shape index (κ3) is 4.05. The summed E-state index contributed by atoms with van der Waals surface area (Å²) in [6, 6.07) is 13.2. The zero-order valence-corrected chi connectivity index (χ0v) is 12.8. The van der Waals surface area contributed by atoms with Gasteiger partial charge in [0.25, 0.3) is 0 Å². The molecule has 0 amide bonds. The van der Waals surface area contributed by atoms with E-state index in [-0.39, 0.29) is 11.9 Å². The van der Waals surface area contributed by atoms with Gasteiger partial charge in [0.1, 0.15) is 18.2 Å². The molecule has 0 radical (unpaired) electrons. The summed E-state index contributed by atoms with van der Waals surface area (Å²) < 4.78 is 19.0. The second-order valence-corrected chi connectivity index (χ2v) is 5.16. The van der Waals surface area contributed by atoms with Crippen LogP contribution in [0.3, 0.4) is 0 Å². The summed E-state index contributed by atoms with van der Waals surface area (Å²) >= 11 is 0. The van der Waals surface area contributed by atoms with E-state index >= 15 is 0 Å². The van der Waals surface area contributed by atoms with Crippen molar-refractivity contribution in [3.05, 3.63) is 65.0 Å². The molecule has 2 nitrogen and oxygen atoms in total. The van der Waals surface area contributed by atoms with Crippen molar-refractivity contribution in [3.63, 3.8) is 0 Å². The molecule has 0 spiro atoms. The predicted molar refractivity (Wildman–Crippen MR) is 84.3 cm³/mol. The normalized spacial score (nSPS) is 12.2. The largest absolute Gasteiger partial charge is 0.491 e. The highest BCUT2D eigenvalue weighted by atomic mass is 19.1. The molecule has 0 heterocycles. The maximum Gasteiger partial charge on any atom is 0.126 e. The van der Waals surface area contributed by atoms with Crippen molar-refractivity contribution in [2.24, 2.45) is 0 Å². The second-order valence-electron chi connectivity index (χ2n) is 5.16. The van der Waals surface area contributed by atoms with Crippen molar-refractivity contribution in [2.75, 3.05) is 13.7 Å². The molecule has 1 unspecified atom stereocenters. The first-order chi connectivity index (χ1) is 10.1. The van der Waals surface area contributed by atoms with Gasteiger partial charge in [-0.05, 0) is 43.1 Å². The van der Waals surface area contributed by atoms with Gasteiger partial charge < -0.3 is 10.1 Å². The molecule has 1 atom stereocenters. The molecule has 2 rings (SSSR count). The molecule has 0 bridgehead atoms. The number of rotatable bonds is 6.